The van der Waals surface area contributed by atoms with Crippen molar-refractivity contribution in [2.75, 3.05) is 10.5 Å². The molecule has 7 heteroatoms. The molecule has 106 valence electrons. The van der Waals surface area contributed by atoms with E-state index in [1.807, 2.05) is 0 Å². The Bertz CT molecular complexity index is 763. The zero-order valence-electron chi connectivity index (χ0n) is 10.5. The highest BCUT2D eigenvalue weighted by atomic mass is 79.9. The number of rotatable bonds is 3. The van der Waals surface area contributed by atoms with Crippen LogP contribution in [0.15, 0.2) is 45.8 Å². The number of halogens is 2. The van der Waals surface area contributed by atoms with Gasteiger partial charge in [0.1, 0.15) is 10.7 Å². The van der Waals surface area contributed by atoms with Crippen molar-refractivity contribution in [3.63, 3.8) is 0 Å². The summed E-state index contributed by atoms with van der Waals surface area (Å²) in [5, 5.41) is 0. The van der Waals surface area contributed by atoms with Gasteiger partial charge < -0.3 is 5.73 Å². The third kappa shape index (κ3) is 3.10. The third-order valence-electron chi connectivity index (χ3n) is 2.71. The maximum absolute atomic E-state index is 13.0. The Kier molecular flexibility index (Phi) is 4.01. The average molecular weight is 359 g/mol. The summed E-state index contributed by atoms with van der Waals surface area (Å²) in [6.45, 7) is 1.78. The molecular formula is C13H12BrFN2O2S. The van der Waals surface area contributed by atoms with Crippen molar-refractivity contribution in [2.24, 2.45) is 0 Å². The Hall–Kier alpha value is -1.60. The molecule has 20 heavy (non-hydrogen) atoms. The quantitative estimate of drug-likeness (QED) is 0.827. The number of anilines is 2. The van der Waals surface area contributed by atoms with Crippen molar-refractivity contribution in [1.29, 1.82) is 0 Å². The van der Waals surface area contributed by atoms with Crippen LogP contribution in [0, 0.1) is 12.7 Å². The summed E-state index contributed by atoms with van der Waals surface area (Å²) < 4.78 is 40.7. The monoisotopic (exact) mass is 358 g/mol. The summed E-state index contributed by atoms with van der Waals surface area (Å²) in [7, 11) is -3.86. The molecule has 0 saturated heterocycles. The second-order valence-electron chi connectivity index (χ2n) is 4.25. The molecule has 2 aromatic rings. The van der Waals surface area contributed by atoms with Gasteiger partial charge in [-0.1, -0.05) is 22.0 Å². The van der Waals surface area contributed by atoms with Crippen LogP contribution in [0.2, 0.25) is 0 Å². The van der Waals surface area contributed by atoms with Gasteiger partial charge in [0.05, 0.1) is 11.4 Å². The molecule has 0 aromatic heterocycles. The number of hydrogen-bond donors (Lipinski definition) is 2. The molecule has 0 atom stereocenters. The zero-order chi connectivity index (χ0) is 14.9. The van der Waals surface area contributed by atoms with E-state index in [9.17, 15) is 12.8 Å². The van der Waals surface area contributed by atoms with Crippen molar-refractivity contribution < 1.29 is 12.8 Å². The zero-order valence-corrected chi connectivity index (χ0v) is 12.9. The van der Waals surface area contributed by atoms with Crippen LogP contribution in [-0.4, -0.2) is 8.42 Å². The Balaban J connectivity index is 2.43. The molecule has 2 rings (SSSR count). The lowest BCUT2D eigenvalue weighted by Gasteiger charge is -2.12. The fourth-order valence-electron chi connectivity index (χ4n) is 1.67. The molecule has 0 fully saturated rings. The van der Waals surface area contributed by atoms with Crippen LogP contribution < -0.4 is 10.5 Å². The predicted octanol–water partition coefficient (Wildman–Crippen LogP) is 3.28. The second kappa shape index (κ2) is 5.41. The van der Waals surface area contributed by atoms with E-state index in [-0.39, 0.29) is 10.6 Å². The lowest BCUT2D eigenvalue weighted by molar-refractivity contribution is 0.600. The van der Waals surface area contributed by atoms with Crippen LogP contribution in [0.25, 0.3) is 0 Å². The van der Waals surface area contributed by atoms with E-state index in [0.29, 0.717) is 5.69 Å². The smallest absolute Gasteiger partial charge is 0.263 e. The van der Waals surface area contributed by atoms with E-state index in [0.717, 1.165) is 28.2 Å². The van der Waals surface area contributed by atoms with E-state index in [1.165, 1.54) is 0 Å². The number of benzene rings is 2. The maximum Gasteiger partial charge on any atom is 0.263 e. The summed E-state index contributed by atoms with van der Waals surface area (Å²) >= 11 is 3.27. The van der Waals surface area contributed by atoms with Crippen LogP contribution in [0.4, 0.5) is 15.8 Å². The van der Waals surface area contributed by atoms with Gasteiger partial charge in [0, 0.05) is 4.47 Å². The maximum atomic E-state index is 13.0. The van der Waals surface area contributed by atoms with E-state index in [2.05, 4.69) is 20.7 Å². The minimum atomic E-state index is -3.86. The first-order valence-corrected chi connectivity index (χ1v) is 7.91. The number of nitrogens with two attached hydrogens (primary N) is 1. The normalized spacial score (nSPS) is 11.3. The van der Waals surface area contributed by atoms with Crippen LogP contribution in [-0.2, 0) is 10.0 Å². The van der Waals surface area contributed by atoms with Crippen LogP contribution >= 0.6 is 15.9 Å². The molecule has 0 amide bonds. The molecular weight excluding hydrogens is 347 g/mol. The van der Waals surface area contributed by atoms with E-state index in [1.54, 1.807) is 25.1 Å². The molecule has 0 saturated carbocycles. The van der Waals surface area contributed by atoms with Crippen LogP contribution in [0.1, 0.15) is 5.56 Å². The summed E-state index contributed by atoms with van der Waals surface area (Å²) in [6, 6.07) is 8.39. The third-order valence-corrected chi connectivity index (χ3v) is 4.64. The molecule has 0 bridgehead atoms. The molecule has 0 aliphatic carbocycles. The molecule has 3 N–H and O–H groups in total. The number of nitrogen functional groups attached to an aromatic ring is 1. The van der Waals surface area contributed by atoms with Crippen molar-refractivity contribution in [3.8, 4) is 0 Å². The molecule has 2 aromatic carbocycles. The van der Waals surface area contributed by atoms with Crippen LogP contribution in [0.3, 0.4) is 0 Å². The van der Waals surface area contributed by atoms with Gasteiger partial charge in [0.2, 0.25) is 0 Å². The Morgan fingerprint density at radius 3 is 2.55 bits per heavy atom. The van der Waals surface area contributed by atoms with Gasteiger partial charge in [0.25, 0.3) is 10.0 Å². The van der Waals surface area contributed by atoms with E-state index >= 15 is 0 Å². The topological polar surface area (TPSA) is 72.2 Å². The summed E-state index contributed by atoms with van der Waals surface area (Å²) in [5.74, 6) is -0.583. The first-order chi connectivity index (χ1) is 9.29. The minimum absolute atomic E-state index is 0.134. The Labute approximate surface area is 125 Å². The Morgan fingerprint density at radius 2 is 1.90 bits per heavy atom. The summed E-state index contributed by atoms with van der Waals surface area (Å²) in [6.07, 6.45) is 0. The number of aryl methyl sites for hydroxylation is 1. The highest BCUT2D eigenvalue weighted by Crippen LogP contribution is 2.26. The standard InChI is InChI=1S/C13H12BrFN2O2S/c1-8-2-3-9(14)6-12(8)17-20(18,19)13-5-4-10(15)7-11(13)16/h2-7,17H,16H2,1H3. The van der Waals surface area contributed by atoms with Crippen molar-refractivity contribution in [2.45, 2.75) is 11.8 Å². The second-order valence-corrected chi connectivity index (χ2v) is 6.81. The highest BCUT2D eigenvalue weighted by molar-refractivity contribution is 9.10. The first kappa shape index (κ1) is 14.8. The largest absolute Gasteiger partial charge is 0.398 e. The van der Waals surface area contributed by atoms with Gasteiger partial charge in [0.15, 0.2) is 0 Å². The van der Waals surface area contributed by atoms with E-state index in [4.69, 9.17) is 5.73 Å². The van der Waals surface area contributed by atoms with Gasteiger partial charge >= 0.3 is 0 Å². The predicted molar refractivity (Wildman–Crippen MR) is 80.5 cm³/mol. The molecule has 0 heterocycles. The molecule has 0 aliphatic rings. The van der Waals surface area contributed by atoms with Gasteiger partial charge in [-0.2, -0.15) is 0 Å². The molecule has 0 radical (unpaired) electrons. The lowest BCUT2D eigenvalue weighted by atomic mass is 10.2. The van der Waals surface area contributed by atoms with Gasteiger partial charge in [-0.15, -0.1) is 0 Å². The SMILES string of the molecule is Cc1ccc(Br)cc1NS(=O)(=O)c1ccc(F)cc1N. The first-order valence-electron chi connectivity index (χ1n) is 5.63. The lowest BCUT2D eigenvalue weighted by Crippen LogP contribution is -2.15. The van der Waals surface area contributed by atoms with Crippen molar-refractivity contribution >= 4 is 37.3 Å². The highest BCUT2D eigenvalue weighted by Gasteiger charge is 2.18. The van der Waals surface area contributed by atoms with Gasteiger partial charge in [-0.25, -0.2) is 12.8 Å². The van der Waals surface area contributed by atoms with Gasteiger partial charge in [-0.05, 0) is 42.8 Å². The fraction of sp³-hybridized carbons (Fsp3) is 0.0769. The van der Waals surface area contributed by atoms with Crippen molar-refractivity contribution in [1.82, 2.24) is 0 Å². The molecule has 0 spiro atoms. The molecule has 0 unspecified atom stereocenters. The fourth-order valence-corrected chi connectivity index (χ4v) is 3.26. The van der Waals surface area contributed by atoms with Crippen LogP contribution in [0.5, 0.6) is 0 Å². The minimum Gasteiger partial charge on any atom is -0.398 e. The number of nitrogens with one attached hydrogen (secondary N) is 1. The summed E-state index contributed by atoms with van der Waals surface area (Å²) in [4.78, 5) is -0.154. The Morgan fingerprint density at radius 1 is 1.20 bits per heavy atom. The van der Waals surface area contributed by atoms with Gasteiger partial charge in [-0.3, -0.25) is 4.72 Å². The number of hydrogen-bond acceptors (Lipinski definition) is 3. The van der Waals surface area contributed by atoms with E-state index < -0.39 is 15.8 Å². The molecule has 0 aliphatic heterocycles. The average Bonchev–Trinajstić information content (AvgIpc) is 2.33. The molecule has 4 nitrogen and oxygen atoms in total. The van der Waals surface area contributed by atoms with Crippen molar-refractivity contribution in [3.05, 3.63) is 52.3 Å². The number of sulfonamides is 1. The summed E-state index contributed by atoms with van der Waals surface area (Å²) in [5.41, 5.74) is 6.62.